The summed E-state index contributed by atoms with van der Waals surface area (Å²) in [6.45, 7) is 8.05. The van der Waals surface area contributed by atoms with Crippen molar-refractivity contribution in [3.63, 3.8) is 0 Å². The van der Waals surface area contributed by atoms with Gasteiger partial charge in [0.05, 0.1) is 25.4 Å². The van der Waals surface area contributed by atoms with Gasteiger partial charge >= 0.3 is 0 Å². The standard InChI is InChI=1S/C19H27N5O/c1-4-20-19(21-13-16-9-10-22-23(16)3)24-11-12-25-18(14-24)17-8-6-5-7-15(17)2/h5-10,18H,4,11-14H2,1-3H3,(H,20,21). The Morgan fingerprint density at radius 3 is 2.92 bits per heavy atom. The van der Waals surface area contributed by atoms with Gasteiger partial charge in [0.25, 0.3) is 0 Å². The average Bonchev–Trinajstić information content (AvgIpc) is 3.04. The van der Waals surface area contributed by atoms with Gasteiger partial charge in [0.2, 0.25) is 0 Å². The summed E-state index contributed by atoms with van der Waals surface area (Å²) in [6.07, 6.45) is 1.89. The molecule has 3 rings (SSSR count). The van der Waals surface area contributed by atoms with Crippen molar-refractivity contribution in [1.82, 2.24) is 20.0 Å². The molecule has 0 bridgehead atoms. The van der Waals surface area contributed by atoms with Crippen LogP contribution in [-0.4, -0.2) is 46.9 Å². The maximum atomic E-state index is 6.03. The number of morpholine rings is 1. The first-order valence-corrected chi connectivity index (χ1v) is 8.86. The van der Waals surface area contributed by atoms with Gasteiger partial charge in [0.1, 0.15) is 6.10 Å². The number of guanidine groups is 1. The zero-order chi connectivity index (χ0) is 17.6. The molecule has 134 valence electrons. The maximum Gasteiger partial charge on any atom is 0.194 e. The molecule has 6 heteroatoms. The molecule has 0 spiro atoms. The molecule has 0 saturated carbocycles. The van der Waals surface area contributed by atoms with Crippen LogP contribution in [0.25, 0.3) is 0 Å². The molecule has 1 unspecified atom stereocenters. The molecule has 1 atom stereocenters. The van der Waals surface area contributed by atoms with E-state index in [1.807, 2.05) is 17.8 Å². The zero-order valence-corrected chi connectivity index (χ0v) is 15.3. The number of aryl methyl sites for hydroxylation is 2. The molecule has 2 heterocycles. The van der Waals surface area contributed by atoms with Crippen LogP contribution in [0.3, 0.4) is 0 Å². The van der Waals surface area contributed by atoms with Crippen molar-refractivity contribution in [2.24, 2.45) is 12.0 Å². The normalized spacial score (nSPS) is 18.4. The summed E-state index contributed by atoms with van der Waals surface area (Å²) < 4.78 is 7.90. The van der Waals surface area contributed by atoms with Crippen LogP contribution in [0.5, 0.6) is 0 Å². The predicted octanol–water partition coefficient (Wildman–Crippen LogP) is 2.27. The Kier molecular flexibility index (Phi) is 5.71. The Labute approximate surface area is 149 Å². The quantitative estimate of drug-likeness (QED) is 0.685. The fourth-order valence-corrected chi connectivity index (χ4v) is 3.12. The molecule has 0 aliphatic carbocycles. The molecule has 1 N–H and O–H groups in total. The van der Waals surface area contributed by atoms with Gasteiger partial charge in [-0.1, -0.05) is 24.3 Å². The summed E-state index contributed by atoms with van der Waals surface area (Å²) in [5, 5.41) is 7.62. The average molecular weight is 341 g/mol. The highest BCUT2D eigenvalue weighted by atomic mass is 16.5. The highest BCUT2D eigenvalue weighted by molar-refractivity contribution is 5.80. The van der Waals surface area contributed by atoms with Gasteiger partial charge in [-0.3, -0.25) is 4.68 Å². The summed E-state index contributed by atoms with van der Waals surface area (Å²) in [5.41, 5.74) is 3.62. The first-order chi connectivity index (χ1) is 12.2. The summed E-state index contributed by atoms with van der Waals surface area (Å²) in [7, 11) is 1.95. The summed E-state index contributed by atoms with van der Waals surface area (Å²) in [6, 6.07) is 10.4. The Morgan fingerprint density at radius 1 is 1.36 bits per heavy atom. The molecule has 6 nitrogen and oxygen atoms in total. The number of hydrogen-bond acceptors (Lipinski definition) is 3. The van der Waals surface area contributed by atoms with Crippen LogP contribution in [-0.2, 0) is 18.3 Å². The van der Waals surface area contributed by atoms with E-state index in [9.17, 15) is 0 Å². The lowest BCUT2D eigenvalue weighted by Crippen LogP contribution is -2.48. The molecule has 1 aliphatic heterocycles. The third kappa shape index (κ3) is 4.20. The van der Waals surface area contributed by atoms with Gasteiger partial charge in [-0.05, 0) is 31.0 Å². The van der Waals surface area contributed by atoms with Crippen LogP contribution < -0.4 is 5.32 Å². The summed E-state index contributed by atoms with van der Waals surface area (Å²) >= 11 is 0. The Morgan fingerprint density at radius 2 is 2.20 bits per heavy atom. The van der Waals surface area contributed by atoms with Gasteiger partial charge in [0.15, 0.2) is 5.96 Å². The second-order valence-corrected chi connectivity index (χ2v) is 6.28. The largest absolute Gasteiger partial charge is 0.370 e. The summed E-state index contributed by atoms with van der Waals surface area (Å²) in [5.74, 6) is 0.936. The maximum absolute atomic E-state index is 6.03. The fraction of sp³-hybridized carbons (Fsp3) is 0.474. The summed E-state index contributed by atoms with van der Waals surface area (Å²) in [4.78, 5) is 7.10. The second-order valence-electron chi connectivity index (χ2n) is 6.28. The van der Waals surface area contributed by atoms with Crippen LogP contribution in [0, 0.1) is 6.92 Å². The molecule has 1 aromatic carbocycles. The molecule has 25 heavy (non-hydrogen) atoms. The molecular weight excluding hydrogens is 314 g/mol. The molecule has 1 saturated heterocycles. The first kappa shape index (κ1) is 17.5. The lowest BCUT2D eigenvalue weighted by atomic mass is 10.0. The van der Waals surface area contributed by atoms with Gasteiger partial charge < -0.3 is 15.0 Å². The van der Waals surface area contributed by atoms with Gasteiger partial charge in [-0.15, -0.1) is 0 Å². The van der Waals surface area contributed by atoms with Crippen molar-refractivity contribution in [2.45, 2.75) is 26.5 Å². The van der Waals surface area contributed by atoms with Crippen LogP contribution in [0.1, 0.15) is 29.8 Å². The van der Waals surface area contributed by atoms with Crippen LogP contribution in [0.2, 0.25) is 0 Å². The molecule has 0 radical (unpaired) electrons. The van der Waals surface area contributed by atoms with Crippen LogP contribution in [0.4, 0.5) is 0 Å². The van der Waals surface area contributed by atoms with E-state index in [0.717, 1.165) is 31.3 Å². The minimum atomic E-state index is 0.0792. The fourth-order valence-electron chi connectivity index (χ4n) is 3.12. The highest BCUT2D eigenvalue weighted by Crippen LogP contribution is 2.25. The van der Waals surface area contributed by atoms with Crippen molar-refractivity contribution >= 4 is 5.96 Å². The topological polar surface area (TPSA) is 54.7 Å². The third-order valence-electron chi connectivity index (χ3n) is 4.55. The molecule has 1 aromatic heterocycles. The van der Waals surface area contributed by atoms with Crippen molar-refractivity contribution in [3.8, 4) is 0 Å². The smallest absolute Gasteiger partial charge is 0.194 e. The Bertz CT molecular complexity index is 724. The highest BCUT2D eigenvalue weighted by Gasteiger charge is 2.25. The number of hydrogen-bond donors (Lipinski definition) is 1. The number of nitrogens with zero attached hydrogens (tertiary/aromatic N) is 4. The number of ether oxygens (including phenoxy) is 1. The van der Waals surface area contributed by atoms with Crippen molar-refractivity contribution < 1.29 is 4.74 Å². The predicted molar refractivity (Wildman–Crippen MR) is 99.5 cm³/mol. The third-order valence-corrected chi connectivity index (χ3v) is 4.55. The van der Waals surface area contributed by atoms with E-state index in [1.54, 1.807) is 6.20 Å². The SMILES string of the molecule is CCNC(=NCc1ccnn1C)N1CCOC(c2ccccc2C)C1. The van der Waals surface area contributed by atoms with E-state index in [0.29, 0.717) is 13.2 Å². The molecule has 2 aromatic rings. The minimum absolute atomic E-state index is 0.0792. The number of nitrogens with one attached hydrogen (secondary N) is 1. The monoisotopic (exact) mass is 341 g/mol. The van der Waals surface area contributed by atoms with Gasteiger partial charge in [0, 0.05) is 26.3 Å². The first-order valence-electron chi connectivity index (χ1n) is 8.86. The number of aromatic nitrogens is 2. The lowest BCUT2D eigenvalue weighted by molar-refractivity contribution is -0.00834. The van der Waals surface area contributed by atoms with E-state index in [1.165, 1.54) is 11.1 Å². The van der Waals surface area contributed by atoms with Gasteiger partial charge in [-0.2, -0.15) is 5.10 Å². The molecular formula is C19H27N5O. The van der Waals surface area contributed by atoms with Gasteiger partial charge in [-0.25, -0.2) is 4.99 Å². The van der Waals surface area contributed by atoms with Crippen molar-refractivity contribution in [1.29, 1.82) is 0 Å². The second kappa shape index (κ2) is 8.16. The minimum Gasteiger partial charge on any atom is -0.370 e. The van der Waals surface area contributed by atoms with E-state index < -0.39 is 0 Å². The zero-order valence-electron chi connectivity index (χ0n) is 15.3. The Balaban J connectivity index is 1.74. The van der Waals surface area contributed by atoms with Crippen molar-refractivity contribution in [2.75, 3.05) is 26.2 Å². The van der Waals surface area contributed by atoms with Crippen molar-refractivity contribution in [3.05, 3.63) is 53.3 Å². The molecule has 0 amide bonds. The van der Waals surface area contributed by atoms with E-state index in [4.69, 9.17) is 9.73 Å². The van der Waals surface area contributed by atoms with E-state index >= 15 is 0 Å². The molecule has 1 fully saturated rings. The van der Waals surface area contributed by atoms with E-state index in [2.05, 4.69) is 53.4 Å². The number of benzene rings is 1. The number of rotatable bonds is 4. The molecule has 1 aliphatic rings. The van der Waals surface area contributed by atoms with Crippen LogP contribution in [0.15, 0.2) is 41.5 Å². The van der Waals surface area contributed by atoms with E-state index in [-0.39, 0.29) is 6.10 Å². The lowest BCUT2D eigenvalue weighted by Gasteiger charge is -2.35. The Hall–Kier alpha value is -2.34. The number of aliphatic imine (C=N–C) groups is 1. The van der Waals surface area contributed by atoms with Crippen LogP contribution >= 0.6 is 0 Å².